The second-order valence-electron chi connectivity index (χ2n) is 8.06. The molecule has 162 valence electrons. The van der Waals surface area contributed by atoms with Gasteiger partial charge in [-0.05, 0) is 55.5 Å². The number of para-hydroxylation sites is 1. The number of rotatable bonds is 9. The second-order valence-corrected chi connectivity index (χ2v) is 8.06. The molecule has 1 aliphatic heterocycles. The highest BCUT2D eigenvalue weighted by Gasteiger charge is 2.18. The van der Waals surface area contributed by atoms with E-state index in [-0.39, 0.29) is 5.91 Å². The SMILES string of the molecule is COc1cccc(CCC(=O)NCc2ccc(CN3CCCCC3C)cc2)c1OC. The number of hydrogen-bond donors (Lipinski definition) is 1. The summed E-state index contributed by atoms with van der Waals surface area (Å²) in [6.07, 6.45) is 4.97. The normalized spacial score (nSPS) is 16.8. The second kappa shape index (κ2) is 11.0. The van der Waals surface area contributed by atoms with Crippen molar-refractivity contribution in [3.05, 3.63) is 59.2 Å². The molecule has 0 aliphatic carbocycles. The Labute approximate surface area is 180 Å². The largest absolute Gasteiger partial charge is 0.493 e. The van der Waals surface area contributed by atoms with E-state index in [4.69, 9.17) is 9.47 Å². The van der Waals surface area contributed by atoms with Gasteiger partial charge in [0.05, 0.1) is 14.2 Å². The topological polar surface area (TPSA) is 50.8 Å². The molecule has 1 atom stereocenters. The first kappa shape index (κ1) is 22.2. The third kappa shape index (κ3) is 5.99. The molecule has 0 radical (unpaired) electrons. The number of carbonyl (C=O) groups excluding carboxylic acids is 1. The van der Waals surface area contributed by atoms with Gasteiger partial charge in [0.15, 0.2) is 11.5 Å². The van der Waals surface area contributed by atoms with Gasteiger partial charge in [-0.2, -0.15) is 0 Å². The molecule has 3 rings (SSSR count). The van der Waals surface area contributed by atoms with Crippen LogP contribution in [0, 0.1) is 0 Å². The van der Waals surface area contributed by atoms with Crippen molar-refractivity contribution < 1.29 is 14.3 Å². The fourth-order valence-electron chi connectivity index (χ4n) is 4.08. The molecular formula is C25H34N2O3. The Hall–Kier alpha value is -2.53. The summed E-state index contributed by atoms with van der Waals surface area (Å²) in [6.45, 7) is 5.08. The van der Waals surface area contributed by atoms with Crippen molar-refractivity contribution >= 4 is 5.91 Å². The molecule has 1 fully saturated rings. The Morgan fingerprint density at radius 3 is 2.53 bits per heavy atom. The molecule has 1 heterocycles. The summed E-state index contributed by atoms with van der Waals surface area (Å²) in [5.41, 5.74) is 3.44. The molecule has 2 aromatic rings. The average molecular weight is 411 g/mol. The van der Waals surface area contributed by atoms with Crippen molar-refractivity contribution in [2.75, 3.05) is 20.8 Å². The van der Waals surface area contributed by atoms with Gasteiger partial charge < -0.3 is 14.8 Å². The van der Waals surface area contributed by atoms with Gasteiger partial charge in [-0.25, -0.2) is 0 Å². The predicted molar refractivity (Wildman–Crippen MR) is 120 cm³/mol. The summed E-state index contributed by atoms with van der Waals surface area (Å²) in [5, 5.41) is 3.02. The van der Waals surface area contributed by atoms with E-state index in [0.717, 1.165) is 17.7 Å². The zero-order chi connectivity index (χ0) is 21.3. The fraction of sp³-hybridized carbons (Fsp3) is 0.480. The molecule has 1 aliphatic rings. The number of methoxy groups -OCH3 is 2. The summed E-state index contributed by atoms with van der Waals surface area (Å²) in [4.78, 5) is 14.9. The number of carbonyl (C=O) groups is 1. The fourth-order valence-corrected chi connectivity index (χ4v) is 4.08. The van der Waals surface area contributed by atoms with E-state index in [1.165, 1.54) is 31.4 Å². The van der Waals surface area contributed by atoms with Crippen molar-refractivity contribution in [3.63, 3.8) is 0 Å². The van der Waals surface area contributed by atoms with Crippen LogP contribution in [0.3, 0.4) is 0 Å². The summed E-state index contributed by atoms with van der Waals surface area (Å²) in [7, 11) is 3.24. The minimum atomic E-state index is 0.0334. The van der Waals surface area contributed by atoms with Crippen LogP contribution in [0.25, 0.3) is 0 Å². The number of ether oxygens (including phenoxy) is 2. The van der Waals surface area contributed by atoms with Crippen molar-refractivity contribution in [1.82, 2.24) is 10.2 Å². The van der Waals surface area contributed by atoms with E-state index in [1.54, 1.807) is 14.2 Å². The van der Waals surface area contributed by atoms with E-state index >= 15 is 0 Å². The number of nitrogens with one attached hydrogen (secondary N) is 1. The third-order valence-electron chi connectivity index (χ3n) is 5.94. The van der Waals surface area contributed by atoms with Crippen molar-refractivity contribution in [3.8, 4) is 11.5 Å². The summed E-state index contributed by atoms with van der Waals surface area (Å²) < 4.78 is 10.8. The monoisotopic (exact) mass is 410 g/mol. The molecule has 1 amide bonds. The van der Waals surface area contributed by atoms with Crippen LogP contribution >= 0.6 is 0 Å². The number of amides is 1. The Morgan fingerprint density at radius 1 is 1.07 bits per heavy atom. The standard InChI is InChI=1S/C25H34N2O3/c1-19-7-4-5-16-27(19)18-21-12-10-20(11-13-21)17-26-24(28)15-14-22-8-6-9-23(29-2)25(22)30-3/h6,8-13,19H,4-5,7,14-18H2,1-3H3,(H,26,28). The molecule has 1 unspecified atom stereocenters. The molecule has 2 aromatic carbocycles. The van der Waals surface area contributed by atoms with Gasteiger partial charge in [-0.1, -0.05) is 42.8 Å². The van der Waals surface area contributed by atoms with E-state index in [9.17, 15) is 4.79 Å². The quantitative estimate of drug-likeness (QED) is 0.669. The van der Waals surface area contributed by atoms with Gasteiger partial charge in [0.1, 0.15) is 0 Å². The lowest BCUT2D eigenvalue weighted by Gasteiger charge is -2.33. The van der Waals surface area contributed by atoms with Crippen LogP contribution in [0.15, 0.2) is 42.5 Å². The Morgan fingerprint density at radius 2 is 1.83 bits per heavy atom. The van der Waals surface area contributed by atoms with E-state index in [1.807, 2.05) is 18.2 Å². The molecule has 0 bridgehead atoms. The van der Waals surface area contributed by atoms with Crippen LogP contribution in [0.2, 0.25) is 0 Å². The molecule has 1 saturated heterocycles. The summed E-state index contributed by atoms with van der Waals surface area (Å²) in [6, 6.07) is 15.0. The average Bonchev–Trinajstić information content (AvgIpc) is 2.78. The van der Waals surface area contributed by atoms with Gasteiger partial charge in [-0.15, -0.1) is 0 Å². The lowest BCUT2D eigenvalue weighted by atomic mass is 10.0. The lowest BCUT2D eigenvalue weighted by molar-refractivity contribution is -0.121. The molecule has 5 heteroatoms. The zero-order valence-electron chi connectivity index (χ0n) is 18.4. The molecule has 1 N–H and O–H groups in total. The third-order valence-corrected chi connectivity index (χ3v) is 5.94. The Bertz CT molecular complexity index is 820. The van der Waals surface area contributed by atoms with Crippen molar-refractivity contribution in [2.45, 2.75) is 58.2 Å². The first-order chi connectivity index (χ1) is 14.6. The number of aryl methyl sites for hydroxylation is 1. The van der Waals surface area contributed by atoms with Crippen LogP contribution in [0.4, 0.5) is 0 Å². The zero-order valence-corrected chi connectivity index (χ0v) is 18.4. The smallest absolute Gasteiger partial charge is 0.220 e. The Balaban J connectivity index is 1.46. The van der Waals surface area contributed by atoms with Crippen LogP contribution < -0.4 is 14.8 Å². The number of benzene rings is 2. The van der Waals surface area contributed by atoms with E-state index in [0.29, 0.717) is 36.9 Å². The first-order valence-corrected chi connectivity index (χ1v) is 10.9. The highest BCUT2D eigenvalue weighted by Crippen LogP contribution is 2.31. The lowest BCUT2D eigenvalue weighted by Crippen LogP contribution is -2.36. The highest BCUT2D eigenvalue weighted by molar-refractivity contribution is 5.76. The van der Waals surface area contributed by atoms with Crippen LogP contribution in [-0.4, -0.2) is 37.6 Å². The first-order valence-electron chi connectivity index (χ1n) is 10.9. The number of piperidine rings is 1. The van der Waals surface area contributed by atoms with Crippen molar-refractivity contribution in [2.24, 2.45) is 0 Å². The molecule has 0 spiro atoms. The van der Waals surface area contributed by atoms with E-state index in [2.05, 4.69) is 41.4 Å². The number of likely N-dealkylation sites (tertiary alicyclic amines) is 1. The maximum absolute atomic E-state index is 12.3. The van der Waals surface area contributed by atoms with Crippen LogP contribution in [-0.2, 0) is 24.3 Å². The van der Waals surface area contributed by atoms with Crippen molar-refractivity contribution in [1.29, 1.82) is 0 Å². The van der Waals surface area contributed by atoms with Crippen LogP contribution in [0.1, 0.15) is 49.3 Å². The van der Waals surface area contributed by atoms with Gasteiger partial charge in [0.2, 0.25) is 5.91 Å². The van der Waals surface area contributed by atoms with E-state index < -0.39 is 0 Å². The maximum Gasteiger partial charge on any atom is 0.220 e. The minimum Gasteiger partial charge on any atom is -0.493 e. The number of nitrogens with zero attached hydrogens (tertiary/aromatic N) is 1. The Kier molecular flexibility index (Phi) is 8.14. The molecule has 5 nitrogen and oxygen atoms in total. The summed E-state index contributed by atoms with van der Waals surface area (Å²) in [5.74, 6) is 1.42. The van der Waals surface area contributed by atoms with Crippen LogP contribution in [0.5, 0.6) is 11.5 Å². The van der Waals surface area contributed by atoms with Gasteiger partial charge in [-0.3, -0.25) is 9.69 Å². The van der Waals surface area contributed by atoms with Gasteiger partial charge in [0.25, 0.3) is 0 Å². The number of hydrogen-bond acceptors (Lipinski definition) is 4. The molecule has 30 heavy (non-hydrogen) atoms. The van der Waals surface area contributed by atoms with Gasteiger partial charge in [0, 0.05) is 25.6 Å². The molecule has 0 saturated carbocycles. The molecule has 0 aromatic heterocycles. The summed E-state index contributed by atoms with van der Waals surface area (Å²) >= 11 is 0. The highest BCUT2D eigenvalue weighted by atomic mass is 16.5. The predicted octanol–water partition coefficient (Wildman–Crippen LogP) is 4.33. The van der Waals surface area contributed by atoms with Gasteiger partial charge >= 0.3 is 0 Å². The maximum atomic E-state index is 12.3. The minimum absolute atomic E-state index is 0.0334. The molecular weight excluding hydrogens is 376 g/mol.